The molecule has 0 bridgehead atoms. The molecule has 0 aliphatic carbocycles. The molecule has 0 amide bonds. The third-order valence-electron chi connectivity index (χ3n) is 3.54. The number of ether oxygens (including phenoxy) is 2. The molecule has 0 saturated carbocycles. The molecule has 0 unspecified atom stereocenters. The predicted molar refractivity (Wildman–Crippen MR) is 100 cm³/mol. The van der Waals surface area contributed by atoms with Gasteiger partial charge in [0.2, 0.25) is 11.5 Å². The first-order valence-corrected chi connectivity index (χ1v) is 8.69. The topological polar surface area (TPSA) is 139 Å². The largest absolute Gasteiger partial charge is 0.415 e. The van der Waals surface area contributed by atoms with Gasteiger partial charge in [0.15, 0.2) is 0 Å². The van der Waals surface area contributed by atoms with Gasteiger partial charge in [0, 0.05) is 12.1 Å². The maximum absolute atomic E-state index is 12.3. The van der Waals surface area contributed by atoms with Crippen LogP contribution in [0.15, 0.2) is 60.7 Å². The molecule has 29 heavy (non-hydrogen) atoms. The molecule has 0 fully saturated rings. The Morgan fingerprint density at radius 2 is 1.07 bits per heavy atom. The highest BCUT2D eigenvalue weighted by molar-refractivity contribution is 7.15. The Kier molecular flexibility index (Phi) is 5.60. The zero-order chi connectivity index (χ0) is 21.0. The van der Waals surface area contributed by atoms with Gasteiger partial charge in [-0.2, -0.15) is 0 Å². The molecule has 0 spiro atoms. The van der Waals surface area contributed by atoms with Gasteiger partial charge in [0.25, 0.3) is 0 Å². The van der Waals surface area contributed by atoms with Crippen molar-refractivity contribution in [3.05, 3.63) is 90.6 Å². The minimum Gasteiger partial charge on any atom is -0.415 e. The van der Waals surface area contributed by atoms with E-state index < -0.39 is 21.8 Å². The summed E-state index contributed by atoms with van der Waals surface area (Å²) in [6.07, 6.45) is 0. The molecule has 0 saturated heterocycles. The molecule has 2 aromatic carbocycles. The Labute approximate surface area is 166 Å². The van der Waals surface area contributed by atoms with Crippen LogP contribution in [0.5, 0.6) is 11.5 Å². The minimum absolute atomic E-state index is 0.00216. The summed E-state index contributed by atoms with van der Waals surface area (Å²) < 4.78 is 10.1. The summed E-state index contributed by atoms with van der Waals surface area (Å²) in [4.78, 5) is 45.1. The van der Waals surface area contributed by atoms with Gasteiger partial charge in [-0.1, -0.05) is 24.3 Å². The molecule has 1 aromatic heterocycles. The standard InChI is InChI=1S/C18H10N2O8S/c21-17(27-13-7-3-1-5-11(13)19(23)24)15-9-10-16(29-15)18(22)28-14-8-4-2-6-12(14)20(25)26/h1-10H. The van der Waals surface area contributed by atoms with E-state index in [2.05, 4.69) is 0 Å². The van der Waals surface area contributed by atoms with Crippen molar-refractivity contribution in [2.24, 2.45) is 0 Å². The highest BCUT2D eigenvalue weighted by Crippen LogP contribution is 2.29. The molecule has 3 aromatic rings. The lowest BCUT2D eigenvalue weighted by atomic mass is 10.3. The Morgan fingerprint density at radius 3 is 1.45 bits per heavy atom. The van der Waals surface area contributed by atoms with E-state index in [1.165, 1.54) is 60.7 Å². The van der Waals surface area contributed by atoms with Gasteiger partial charge in [-0.15, -0.1) is 11.3 Å². The van der Waals surface area contributed by atoms with Crippen molar-refractivity contribution in [3.63, 3.8) is 0 Å². The van der Waals surface area contributed by atoms with Crippen LogP contribution in [0.2, 0.25) is 0 Å². The summed E-state index contributed by atoms with van der Waals surface area (Å²) in [6.45, 7) is 0. The van der Waals surface area contributed by atoms with Crippen molar-refractivity contribution in [2.45, 2.75) is 0 Å². The van der Waals surface area contributed by atoms with Crippen LogP contribution in [0.3, 0.4) is 0 Å². The van der Waals surface area contributed by atoms with Gasteiger partial charge in [-0.3, -0.25) is 20.2 Å². The van der Waals surface area contributed by atoms with E-state index in [9.17, 15) is 29.8 Å². The summed E-state index contributed by atoms with van der Waals surface area (Å²) >= 11 is 0.727. The van der Waals surface area contributed by atoms with E-state index in [0.717, 1.165) is 11.3 Å². The maximum Gasteiger partial charge on any atom is 0.353 e. The average Bonchev–Trinajstić information content (AvgIpc) is 3.19. The van der Waals surface area contributed by atoms with Gasteiger partial charge in [0.1, 0.15) is 9.75 Å². The average molecular weight is 414 g/mol. The lowest BCUT2D eigenvalue weighted by Crippen LogP contribution is -2.09. The van der Waals surface area contributed by atoms with E-state index in [1.54, 1.807) is 0 Å². The molecular weight excluding hydrogens is 404 g/mol. The Bertz CT molecular complexity index is 1040. The second kappa shape index (κ2) is 8.27. The van der Waals surface area contributed by atoms with Gasteiger partial charge in [-0.25, -0.2) is 9.59 Å². The van der Waals surface area contributed by atoms with E-state index >= 15 is 0 Å². The number of rotatable bonds is 6. The van der Waals surface area contributed by atoms with E-state index in [1.807, 2.05) is 0 Å². The number of benzene rings is 2. The Morgan fingerprint density at radius 1 is 0.690 bits per heavy atom. The van der Waals surface area contributed by atoms with E-state index in [0.29, 0.717) is 0 Å². The Balaban J connectivity index is 1.76. The molecule has 146 valence electrons. The highest BCUT2D eigenvalue weighted by atomic mass is 32.1. The molecule has 0 radical (unpaired) electrons. The fourth-order valence-corrected chi connectivity index (χ4v) is 3.01. The molecule has 0 aliphatic heterocycles. The third kappa shape index (κ3) is 4.42. The summed E-state index contributed by atoms with van der Waals surface area (Å²) in [5.41, 5.74) is -0.762. The summed E-state index contributed by atoms with van der Waals surface area (Å²) in [7, 11) is 0. The quantitative estimate of drug-likeness (QED) is 0.255. The SMILES string of the molecule is O=C(Oc1ccccc1[N+](=O)[O-])c1ccc(C(=O)Oc2ccccc2[N+](=O)[O-])s1. The number of para-hydroxylation sites is 4. The predicted octanol–water partition coefficient (Wildman–Crippen LogP) is 4.00. The number of esters is 2. The zero-order valence-electron chi connectivity index (χ0n) is 14.3. The second-order valence-corrected chi connectivity index (χ2v) is 6.48. The minimum atomic E-state index is -0.894. The van der Waals surface area contributed by atoms with Crippen LogP contribution in [-0.4, -0.2) is 21.8 Å². The zero-order valence-corrected chi connectivity index (χ0v) is 15.2. The summed E-state index contributed by atoms with van der Waals surface area (Å²) in [5, 5.41) is 22.0. The van der Waals surface area contributed by atoms with Crippen molar-refractivity contribution in [1.82, 2.24) is 0 Å². The van der Waals surface area contributed by atoms with Crippen LogP contribution in [0.25, 0.3) is 0 Å². The monoisotopic (exact) mass is 414 g/mol. The molecular formula is C18H10N2O8S. The third-order valence-corrected chi connectivity index (χ3v) is 4.58. The van der Waals surface area contributed by atoms with Crippen molar-refractivity contribution in [2.75, 3.05) is 0 Å². The molecule has 0 atom stereocenters. The van der Waals surface area contributed by atoms with Crippen molar-refractivity contribution >= 4 is 34.7 Å². The Hall–Kier alpha value is -4.12. The molecule has 0 aliphatic rings. The first-order chi connectivity index (χ1) is 13.9. The maximum atomic E-state index is 12.3. The van der Waals surface area contributed by atoms with Gasteiger partial charge in [-0.05, 0) is 24.3 Å². The summed E-state index contributed by atoms with van der Waals surface area (Å²) in [6, 6.07) is 13.3. The van der Waals surface area contributed by atoms with E-state index in [4.69, 9.17) is 9.47 Å². The van der Waals surface area contributed by atoms with E-state index in [-0.39, 0.29) is 32.6 Å². The first-order valence-electron chi connectivity index (χ1n) is 7.88. The highest BCUT2D eigenvalue weighted by Gasteiger charge is 2.23. The number of carbonyl (C=O) groups excluding carboxylic acids is 2. The number of thiophene rings is 1. The van der Waals surface area contributed by atoms with Crippen LogP contribution in [0.4, 0.5) is 11.4 Å². The normalized spacial score (nSPS) is 10.2. The van der Waals surface area contributed by atoms with Crippen LogP contribution in [0.1, 0.15) is 19.3 Å². The van der Waals surface area contributed by atoms with Gasteiger partial charge < -0.3 is 9.47 Å². The van der Waals surface area contributed by atoms with Crippen LogP contribution in [0, 0.1) is 20.2 Å². The number of nitro benzene ring substituents is 2. The molecule has 0 N–H and O–H groups in total. The number of hydrogen-bond donors (Lipinski definition) is 0. The van der Waals surface area contributed by atoms with Gasteiger partial charge >= 0.3 is 23.3 Å². The number of carbonyl (C=O) groups is 2. The second-order valence-electron chi connectivity index (χ2n) is 5.39. The lowest BCUT2D eigenvalue weighted by Gasteiger charge is -2.03. The lowest BCUT2D eigenvalue weighted by molar-refractivity contribution is -0.385. The van der Waals surface area contributed by atoms with Crippen LogP contribution < -0.4 is 9.47 Å². The first kappa shape index (κ1) is 19.6. The number of nitro groups is 2. The summed E-state index contributed by atoms with van der Waals surface area (Å²) in [5.74, 6) is -2.26. The molecule has 3 rings (SSSR count). The number of nitrogens with zero attached hydrogens (tertiary/aromatic N) is 2. The molecule has 1 heterocycles. The fourth-order valence-electron chi connectivity index (χ4n) is 2.25. The fraction of sp³-hybridized carbons (Fsp3) is 0. The molecule has 10 nitrogen and oxygen atoms in total. The van der Waals surface area contributed by atoms with Crippen molar-refractivity contribution in [3.8, 4) is 11.5 Å². The van der Waals surface area contributed by atoms with Crippen LogP contribution in [-0.2, 0) is 0 Å². The molecule has 11 heteroatoms. The van der Waals surface area contributed by atoms with Crippen LogP contribution >= 0.6 is 11.3 Å². The number of hydrogen-bond acceptors (Lipinski definition) is 9. The smallest absolute Gasteiger partial charge is 0.353 e. The van der Waals surface area contributed by atoms with Crippen molar-refractivity contribution in [1.29, 1.82) is 0 Å². The van der Waals surface area contributed by atoms with Crippen molar-refractivity contribution < 1.29 is 28.9 Å². The van der Waals surface area contributed by atoms with Gasteiger partial charge in [0.05, 0.1) is 9.85 Å².